The molecule has 6 heteroatoms. The molecule has 0 spiro atoms. The van der Waals surface area contributed by atoms with Crippen LogP contribution in [0.25, 0.3) is 0 Å². The molecule has 98 valence electrons. The molecule has 2 aromatic rings. The van der Waals surface area contributed by atoms with Gasteiger partial charge in [0, 0.05) is 31.2 Å². The Morgan fingerprint density at radius 2 is 2.05 bits per heavy atom. The Hall–Kier alpha value is -2.24. The predicted octanol–water partition coefficient (Wildman–Crippen LogP) is 1.62. The third-order valence-electron chi connectivity index (χ3n) is 3.22. The second-order valence-corrected chi connectivity index (χ2v) is 4.36. The van der Waals surface area contributed by atoms with Crippen molar-refractivity contribution in [2.24, 2.45) is 0 Å². The van der Waals surface area contributed by atoms with Gasteiger partial charge in [0.2, 0.25) is 11.8 Å². The molecule has 0 radical (unpaired) electrons. The molecule has 2 aromatic heterocycles. The molecule has 3 heterocycles. The molecule has 1 unspecified atom stereocenters. The molecule has 0 saturated carbocycles. The fourth-order valence-corrected chi connectivity index (χ4v) is 2.34. The van der Waals surface area contributed by atoms with Crippen molar-refractivity contribution >= 4 is 5.95 Å². The minimum absolute atomic E-state index is 0.147. The summed E-state index contributed by atoms with van der Waals surface area (Å²) in [4.78, 5) is 19.5. The molecule has 0 bridgehead atoms. The fourth-order valence-electron chi connectivity index (χ4n) is 2.34. The van der Waals surface area contributed by atoms with Crippen molar-refractivity contribution in [1.29, 1.82) is 0 Å². The summed E-state index contributed by atoms with van der Waals surface area (Å²) in [5.41, 5.74) is 0. The molecule has 1 aliphatic heterocycles. The van der Waals surface area contributed by atoms with Crippen LogP contribution in [0.1, 0.15) is 24.7 Å². The zero-order valence-corrected chi connectivity index (χ0v) is 10.7. The smallest absolute Gasteiger partial charge is 0.229 e. The van der Waals surface area contributed by atoms with Gasteiger partial charge in [-0.2, -0.15) is 4.98 Å². The summed E-state index contributed by atoms with van der Waals surface area (Å²) in [6.07, 6.45) is 7.35. The molecule has 19 heavy (non-hydrogen) atoms. The number of aromatic nitrogens is 4. The minimum Gasteiger partial charge on any atom is -0.481 e. The normalized spacial score (nSPS) is 18.6. The zero-order chi connectivity index (χ0) is 13.1. The largest absolute Gasteiger partial charge is 0.481 e. The maximum Gasteiger partial charge on any atom is 0.229 e. The molecule has 1 fully saturated rings. The van der Waals surface area contributed by atoms with Gasteiger partial charge in [-0.05, 0) is 18.9 Å². The van der Waals surface area contributed by atoms with E-state index in [1.165, 1.54) is 0 Å². The van der Waals surface area contributed by atoms with Crippen molar-refractivity contribution in [2.75, 3.05) is 18.6 Å². The van der Waals surface area contributed by atoms with E-state index in [0.717, 1.165) is 25.2 Å². The second-order valence-electron chi connectivity index (χ2n) is 4.36. The van der Waals surface area contributed by atoms with E-state index in [1.54, 1.807) is 31.8 Å². The Kier molecular flexibility index (Phi) is 3.22. The van der Waals surface area contributed by atoms with Gasteiger partial charge >= 0.3 is 0 Å². The van der Waals surface area contributed by atoms with Crippen LogP contribution in [0.2, 0.25) is 0 Å². The van der Waals surface area contributed by atoms with Crippen molar-refractivity contribution in [2.45, 2.75) is 18.9 Å². The Morgan fingerprint density at radius 3 is 2.84 bits per heavy atom. The molecule has 0 N–H and O–H groups in total. The zero-order valence-electron chi connectivity index (χ0n) is 10.7. The summed E-state index contributed by atoms with van der Waals surface area (Å²) >= 11 is 0. The number of methoxy groups -OCH3 is 1. The summed E-state index contributed by atoms with van der Waals surface area (Å²) in [6.45, 7) is 0.913. The molecular weight excluding hydrogens is 242 g/mol. The van der Waals surface area contributed by atoms with Crippen LogP contribution in [0.3, 0.4) is 0 Å². The SMILES string of the molecule is COc1ccnc(N2CCCC2c2ncccn2)n1. The van der Waals surface area contributed by atoms with Gasteiger partial charge in [0.1, 0.15) is 0 Å². The number of hydrogen-bond donors (Lipinski definition) is 0. The molecule has 0 aliphatic carbocycles. The second kappa shape index (κ2) is 5.17. The van der Waals surface area contributed by atoms with Gasteiger partial charge in [-0.25, -0.2) is 15.0 Å². The molecule has 3 rings (SSSR count). The van der Waals surface area contributed by atoms with E-state index in [0.29, 0.717) is 11.8 Å². The Balaban J connectivity index is 1.90. The van der Waals surface area contributed by atoms with Crippen LogP contribution in [0.4, 0.5) is 5.95 Å². The molecule has 0 amide bonds. The van der Waals surface area contributed by atoms with Gasteiger partial charge in [-0.1, -0.05) is 0 Å². The summed E-state index contributed by atoms with van der Waals surface area (Å²) in [5.74, 6) is 2.07. The third-order valence-corrected chi connectivity index (χ3v) is 3.22. The molecule has 0 aromatic carbocycles. The van der Waals surface area contributed by atoms with Crippen LogP contribution in [0.5, 0.6) is 5.88 Å². The molecule has 1 atom stereocenters. The number of anilines is 1. The minimum atomic E-state index is 0.147. The van der Waals surface area contributed by atoms with E-state index in [1.807, 2.05) is 6.07 Å². The third kappa shape index (κ3) is 2.33. The van der Waals surface area contributed by atoms with Gasteiger partial charge < -0.3 is 9.64 Å². The highest BCUT2D eigenvalue weighted by atomic mass is 16.5. The van der Waals surface area contributed by atoms with Crippen molar-refractivity contribution in [3.63, 3.8) is 0 Å². The van der Waals surface area contributed by atoms with E-state index < -0.39 is 0 Å². The first-order valence-corrected chi connectivity index (χ1v) is 6.29. The van der Waals surface area contributed by atoms with Crippen molar-refractivity contribution in [3.8, 4) is 5.88 Å². The van der Waals surface area contributed by atoms with Gasteiger partial charge in [-0.3, -0.25) is 0 Å². The highest BCUT2D eigenvalue weighted by molar-refractivity contribution is 5.36. The van der Waals surface area contributed by atoms with Gasteiger partial charge in [0.25, 0.3) is 0 Å². The summed E-state index contributed by atoms with van der Waals surface area (Å²) in [5, 5.41) is 0. The monoisotopic (exact) mass is 257 g/mol. The number of ether oxygens (including phenoxy) is 1. The van der Waals surface area contributed by atoms with Crippen LogP contribution >= 0.6 is 0 Å². The van der Waals surface area contributed by atoms with Crippen LogP contribution in [0.15, 0.2) is 30.7 Å². The fraction of sp³-hybridized carbons (Fsp3) is 0.385. The van der Waals surface area contributed by atoms with Gasteiger partial charge in [0.15, 0.2) is 5.82 Å². The van der Waals surface area contributed by atoms with Crippen LogP contribution in [0, 0.1) is 0 Å². The van der Waals surface area contributed by atoms with E-state index in [9.17, 15) is 0 Å². The van der Waals surface area contributed by atoms with Crippen LogP contribution in [-0.4, -0.2) is 33.6 Å². The van der Waals surface area contributed by atoms with Crippen molar-refractivity contribution in [1.82, 2.24) is 19.9 Å². The summed E-state index contributed by atoms with van der Waals surface area (Å²) in [7, 11) is 1.61. The first-order valence-electron chi connectivity index (χ1n) is 6.29. The van der Waals surface area contributed by atoms with Gasteiger partial charge in [0.05, 0.1) is 13.2 Å². The number of rotatable bonds is 3. The maximum absolute atomic E-state index is 5.15. The van der Waals surface area contributed by atoms with E-state index >= 15 is 0 Å². The van der Waals surface area contributed by atoms with Crippen molar-refractivity contribution in [3.05, 3.63) is 36.5 Å². The maximum atomic E-state index is 5.15. The topological polar surface area (TPSA) is 64.0 Å². The summed E-state index contributed by atoms with van der Waals surface area (Å²) in [6, 6.07) is 3.71. The average Bonchev–Trinajstić information content (AvgIpc) is 2.98. The summed E-state index contributed by atoms with van der Waals surface area (Å²) < 4.78 is 5.15. The lowest BCUT2D eigenvalue weighted by molar-refractivity contribution is 0.396. The van der Waals surface area contributed by atoms with Crippen LogP contribution < -0.4 is 9.64 Å². The van der Waals surface area contributed by atoms with E-state index in [4.69, 9.17) is 4.74 Å². The highest BCUT2D eigenvalue weighted by Gasteiger charge is 2.30. The Morgan fingerprint density at radius 1 is 1.21 bits per heavy atom. The molecule has 1 saturated heterocycles. The molecular formula is C13H15N5O. The average molecular weight is 257 g/mol. The van der Waals surface area contributed by atoms with Gasteiger partial charge in [-0.15, -0.1) is 0 Å². The lowest BCUT2D eigenvalue weighted by Crippen LogP contribution is -2.26. The highest BCUT2D eigenvalue weighted by Crippen LogP contribution is 2.32. The number of hydrogen-bond acceptors (Lipinski definition) is 6. The standard InChI is InChI=1S/C13H15N5O/c1-19-11-5-8-16-13(17-11)18-9-2-4-10(18)12-14-6-3-7-15-12/h3,5-8,10H,2,4,9H2,1H3. The Labute approximate surface area is 111 Å². The quantitative estimate of drug-likeness (QED) is 0.832. The first-order chi connectivity index (χ1) is 9.38. The lowest BCUT2D eigenvalue weighted by atomic mass is 10.2. The van der Waals surface area contributed by atoms with Crippen molar-refractivity contribution < 1.29 is 4.74 Å². The molecule has 1 aliphatic rings. The predicted molar refractivity (Wildman–Crippen MR) is 69.9 cm³/mol. The Bertz CT molecular complexity index is 548. The van der Waals surface area contributed by atoms with E-state index in [2.05, 4.69) is 24.8 Å². The molecule has 6 nitrogen and oxygen atoms in total. The first kappa shape index (κ1) is 11.8. The lowest BCUT2D eigenvalue weighted by Gasteiger charge is -2.23. The number of nitrogens with zero attached hydrogens (tertiary/aromatic N) is 5. The van der Waals surface area contributed by atoms with Crippen LogP contribution in [-0.2, 0) is 0 Å². The van der Waals surface area contributed by atoms with E-state index in [-0.39, 0.29) is 6.04 Å².